The van der Waals surface area contributed by atoms with Gasteiger partial charge in [-0.3, -0.25) is 9.98 Å². The molecule has 1 atom stereocenters. The van der Waals surface area contributed by atoms with Crippen molar-refractivity contribution < 1.29 is 13.2 Å². The molecule has 1 spiro atoms. The molecular weight excluding hydrogens is 354 g/mol. The van der Waals surface area contributed by atoms with Gasteiger partial charge in [0, 0.05) is 50.6 Å². The molecule has 26 heavy (non-hydrogen) atoms. The van der Waals surface area contributed by atoms with Gasteiger partial charge in [-0.15, -0.1) is 0 Å². The van der Waals surface area contributed by atoms with E-state index in [4.69, 9.17) is 4.74 Å². The third kappa shape index (κ3) is 4.52. The average molecular weight is 382 g/mol. The Morgan fingerprint density at radius 1 is 1.46 bits per heavy atom. The fourth-order valence-electron chi connectivity index (χ4n) is 3.44. The summed E-state index contributed by atoms with van der Waals surface area (Å²) in [5.74, 6) is 0.844. The van der Waals surface area contributed by atoms with E-state index < -0.39 is 10.0 Å². The van der Waals surface area contributed by atoms with Crippen molar-refractivity contribution in [3.63, 3.8) is 0 Å². The molecule has 144 valence electrons. The van der Waals surface area contributed by atoms with E-state index in [2.05, 4.69) is 24.9 Å². The van der Waals surface area contributed by atoms with Crippen LogP contribution >= 0.6 is 0 Å². The normalized spacial score (nSPS) is 23.7. The molecule has 0 bridgehead atoms. The Morgan fingerprint density at radius 2 is 2.35 bits per heavy atom. The monoisotopic (exact) mass is 381 g/mol. The van der Waals surface area contributed by atoms with E-state index in [-0.39, 0.29) is 16.9 Å². The molecule has 0 amide bonds. The molecule has 1 aromatic rings. The number of hydrogen-bond acceptors (Lipinski definition) is 5. The second-order valence-electron chi connectivity index (χ2n) is 6.80. The Kier molecular flexibility index (Phi) is 6.10. The van der Waals surface area contributed by atoms with Crippen LogP contribution in [0.25, 0.3) is 0 Å². The lowest BCUT2D eigenvalue weighted by molar-refractivity contribution is 0.156. The van der Waals surface area contributed by atoms with Gasteiger partial charge in [0.05, 0.1) is 13.2 Å². The zero-order chi connectivity index (χ0) is 18.5. The summed E-state index contributed by atoms with van der Waals surface area (Å²) in [5.41, 5.74) is 0.262. The number of ether oxygens (including phenoxy) is 1. The Hall–Kier alpha value is -1.71. The molecule has 2 N–H and O–H groups in total. The van der Waals surface area contributed by atoms with Gasteiger partial charge in [-0.2, -0.15) is 0 Å². The molecule has 3 rings (SSSR count). The summed E-state index contributed by atoms with van der Waals surface area (Å²) in [6.45, 7) is 7.00. The predicted molar refractivity (Wildman–Crippen MR) is 99.5 cm³/mol. The van der Waals surface area contributed by atoms with Crippen molar-refractivity contribution in [1.82, 2.24) is 19.9 Å². The Bertz CT molecular complexity index is 717. The number of aliphatic imine (C=N–C) groups is 1. The molecule has 2 aliphatic heterocycles. The zero-order valence-corrected chi connectivity index (χ0v) is 16.0. The van der Waals surface area contributed by atoms with E-state index in [0.29, 0.717) is 6.54 Å². The van der Waals surface area contributed by atoms with Crippen molar-refractivity contribution >= 4 is 16.0 Å². The van der Waals surface area contributed by atoms with Crippen LogP contribution in [0.1, 0.15) is 19.8 Å². The Morgan fingerprint density at radius 3 is 3.04 bits per heavy atom. The molecule has 2 saturated heterocycles. The molecule has 3 heterocycles. The van der Waals surface area contributed by atoms with Crippen molar-refractivity contribution in [3.05, 3.63) is 24.5 Å². The first-order valence-electron chi connectivity index (χ1n) is 9.05. The highest BCUT2D eigenvalue weighted by molar-refractivity contribution is 7.89. The third-order valence-corrected chi connectivity index (χ3v) is 6.31. The highest BCUT2D eigenvalue weighted by Crippen LogP contribution is 2.38. The number of guanidine groups is 1. The fourth-order valence-corrected chi connectivity index (χ4v) is 4.43. The average Bonchev–Trinajstić information content (AvgIpc) is 3.28. The van der Waals surface area contributed by atoms with E-state index in [1.165, 1.54) is 12.3 Å². The van der Waals surface area contributed by atoms with E-state index in [0.717, 1.165) is 51.6 Å². The van der Waals surface area contributed by atoms with Gasteiger partial charge in [-0.1, -0.05) is 0 Å². The van der Waals surface area contributed by atoms with Crippen LogP contribution < -0.4 is 10.0 Å². The molecule has 1 unspecified atom stereocenters. The minimum atomic E-state index is -3.54. The van der Waals surface area contributed by atoms with Crippen LogP contribution in [0.15, 0.2) is 34.4 Å². The number of nitrogens with zero attached hydrogens (tertiary/aromatic N) is 3. The van der Waals surface area contributed by atoms with Gasteiger partial charge < -0.3 is 15.0 Å². The second-order valence-corrected chi connectivity index (χ2v) is 8.56. The van der Waals surface area contributed by atoms with Gasteiger partial charge in [-0.25, -0.2) is 13.1 Å². The van der Waals surface area contributed by atoms with Crippen molar-refractivity contribution in [1.29, 1.82) is 0 Å². The molecule has 0 radical (unpaired) electrons. The van der Waals surface area contributed by atoms with Gasteiger partial charge in [0.1, 0.15) is 4.90 Å². The van der Waals surface area contributed by atoms with Gasteiger partial charge in [0.2, 0.25) is 10.0 Å². The van der Waals surface area contributed by atoms with Crippen LogP contribution in [0.5, 0.6) is 0 Å². The molecule has 0 aliphatic carbocycles. The maximum absolute atomic E-state index is 12.2. The summed E-state index contributed by atoms with van der Waals surface area (Å²) in [6, 6.07) is 3.13. The standard InChI is InChI=1S/C17H27N5O3S/c1-2-19-16(22-10-5-17(13-22)6-11-25-14-17)20-8-9-21-26(23,24)15-4-3-7-18-12-15/h3-4,7,12,21H,2,5-6,8-11,13-14H2,1H3,(H,19,20). The number of sulfonamides is 1. The van der Waals surface area contributed by atoms with E-state index in [1.807, 2.05) is 6.92 Å². The predicted octanol–water partition coefficient (Wildman–Crippen LogP) is 0.438. The quantitative estimate of drug-likeness (QED) is 0.422. The van der Waals surface area contributed by atoms with Crippen molar-refractivity contribution in [2.75, 3.05) is 45.9 Å². The first kappa shape index (κ1) is 19.1. The summed E-state index contributed by atoms with van der Waals surface area (Å²) >= 11 is 0. The number of nitrogens with one attached hydrogen (secondary N) is 2. The largest absolute Gasteiger partial charge is 0.381 e. The van der Waals surface area contributed by atoms with E-state index in [9.17, 15) is 8.42 Å². The fraction of sp³-hybridized carbons (Fsp3) is 0.647. The summed E-state index contributed by atoms with van der Waals surface area (Å²) < 4.78 is 32.5. The van der Waals surface area contributed by atoms with Crippen LogP contribution in [-0.4, -0.2) is 70.2 Å². The molecule has 9 heteroatoms. The lowest BCUT2D eigenvalue weighted by Gasteiger charge is -2.25. The minimum Gasteiger partial charge on any atom is -0.381 e. The van der Waals surface area contributed by atoms with Gasteiger partial charge >= 0.3 is 0 Å². The number of pyridine rings is 1. The molecule has 1 aromatic heterocycles. The Labute approximate surface area is 155 Å². The second kappa shape index (κ2) is 8.32. The maximum Gasteiger partial charge on any atom is 0.242 e. The highest BCUT2D eigenvalue weighted by atomic mass is 32.2. The topological polar surface area (TPSA) is 95.9 Å². The third-order valence-electron chi connectivity index (χ3n) is 4.87. The van der Waals surface area contributed by atoms with Gasteiger partial charge in [-0.05, 0) is 31.9 Å². The first-order chi connectivity index (χ1) is 12.5. The molecule has 8 nitrogen and oxygen atoms in total. The number of hydrogen-bond donors (Lipinski definition) is 2. The van der Waals surface area contributed by atoms with Crippen LogP contribution in [0.3, 0.4) is 0 Å². The van der Waals surface area contributed by atoms with E-state index >= 15 is 0 Å². The number of aromatic nitrogens is 1. The number of likely N-dealkylation sites (tertiary alicyclic amines) is 1. The molecular formula is C17H27N5O3S. The van der Waals surface area contributed by atoms with Gasteiger partial charge in [0.25, 0.3) is 0 Å². The highest BCUT2D eigenvalue weighted by Gasteiger charge is 2.42. The van der Waals surface area contributed by atoms with Crippen molar-refractivity contribution in [3.8, 4) is 0 Å². The molecule has 2 aliphatic rings. The van der Waals surface area contributed by atoms with Crippen LogP contribution in [0.2, 0.25) is 0 Å². The van der Waals surface area contributed by atoms with Crippen LogP contribution in [-0.2, 0) is 14.8 Å². The summed E-state index contributed by atoms with van der Waals surface area (Å²) in [7, 11) is -3.54. The van der Waals surface area contributed by atoms with Crippen molar-refractivity contribution in [2.24, 2.45) is 10.4 Å². The number of rotatable bonds is 6. The minimum absolute atomic E-state index is 0.165. The summed E-state index contributed by atoms with van der Waals surface area (Å²) in [6.07, 6.45) is 5.10. The maximum atomic E-state index is 12.2. The first-order valence-corrected chi connectivity index (χ1v) is 10.5. The SMILES string of the molecule is CCNC(=NCCNS(=O)(=O)c1cccnc1)N1CCC2(CCOC2)C1. The van der Waals surface area contributed by atoms with Crippen molar-refractivity contribution in [2.45, 2.75) is 24.7 Å². The lowest BCUT2D eigenvalue weighted by atomic mass is 9.87. The molecule has 0 saturated carbocycles. The summed E-state index contributed by atoms with van der Waals surface area (Å²) in [5, 5.41) is 3.31. The zero-order valence-electron chi connectivity index (χ0n) is 15.1. The van der Waals surface area contributed by atoms with Gasteiger partial charge in [0.15, 0.2) is 5.96 Å². The smallest absolute Gasteiger partial charge is 0.242 e. The van der Waals surface area contributed by atoms with Crippen LogP contribution in [0, 0.1) is 5.41 Å². The Balaban J connectivity index is 1.55. The summed E-state index contributed by atoms with van der Waals surface area (Å²) in [4.78, 5) is 10.9. The lowest BCUT2D eigenvalue weighted by Crippen LogP contribution is -2.42. The molecule has 0 aromatic carbocycles. The molecule has 2 fully saturated rings. The van der Waals surface area contributed by atoms with Crippen LogP contribution in [0.4, 0.5) is 0 Å². The van der Waals surface area contributed by atoms with E-state index in [1.54, 1.807) is 12.3 Å².